The number of nitrogens with one attached hydrogen (secondary N) is 2. The van der Waals surface area contributed by atoms with Gasteiger partial charge in [-0.25, -0.2) is 0 Å². The average Bonchev–Trinajstić information content (AvgIpc) is 3.08. The zero-order valence-corrected chi connectivity index (χ0v) is 16.6. The van der Waals surface area contributed by atoms with Crippen LogP contribution in [0.15, 0.2) is 30.5 Å². The molecular weight excluding hydrogens is 395 g/mol. The van der Waals surface area contributed by atoms with Crippen LogP contribution in [-0.2, 0) is 13.2 Å². The molecule has 1 aliphatic rings. The normalized spacial score (nSPS) is 16.6. The van der Waals surface area contributed by atoms with E-state index in [-0.39, 0.29) is 5.54 Å². The van der Waals surface area contributed by atoms with Gasteiger partial charge in [-0.3, -0.25) is 4.68 Å². The predicted octanol–water partition coefficient (Wildman–Crippen LogP) is 4.20. The highest BCUT2D eigenvalue weighted by molar-refractivity contribution is 5.89. The van der Waals surface area contributed by atoms with Gasteiger partial charge in [-0.15, -0.1) is 0 Å². The van der Waals surface area contributed by atoms with E-state index in [0.717, 1.165) is 37.8 Å². The monoisotopic (exact) mass is 419 g/mol. The highest BCUT2D eigenvalue weighted by atomic mass is 19.4. The summed E-state index contributed by atoms with van der Waals surface area (Å²) in [5.74, 6) is 0.862. The van der Waals surface area contributed by atoms with Crippen molar-refractivity contribution in [2.75, 3.05) is 17.2 Å². The molecule has 30 heavy (non-hydrogen) atoms. The average molecular weight is 419 g/mol. The van der Waals surface area contributed by atoms with Crippen LogP contribution in [-0.4, -0.2) is 31.8 Å². The van der Waals surface area contributed by atoms with Gasteiger partial charge < -0.3 is 16.4 Å². The molecule has 0 atom stereocenters. The smallest absolute Gasteiger partial charge is 0.352 e. The summed E-state index contributed by atoms with van der Waals surface area (Å²) in [4.78, 5) is 9.06. The van der Waals surface area contributed by atoms with Gasteiger partial charge in [0.25, 0.3) is 0 Å². The van der Waals surface area contributed by atoms with Gasteiger partial charge >= 0.3 is 6.18 Å². The van der Waals surface area contributed by atoms with Crippen LogP contribution in [0.1, 0.15) is 37.7 Å². The van der Waals surface area contributed by atoms with Crippen molar-refractivity contribution in [3.63, 3.8) is 0 Å². The minimum absolute atomic E-state index is 0.288. The number of anilines is 3. The third-order valence-electron chi connectivity index (χ3n) is 5.51. The number of aryl methyl sites for hydroxylation is 1. The van der Waals surface area contributed by atoms with Crippen molar-refractivity contribution in [2.45, 2.75) is 43.8 Å². The summed E-state index contributed by atoms with van der Waals surface area (Å²) >= 11 is 0. The van der Waals surface area contributed by atoms with Crippen LogP contribution < -0.4 is 16.4 Å². The third-order valence-corrected chi connectivity index (χ3v) is 5.51. The summed E-state index contributed by atoms with van der Waals surface area (Å²) in [6.45, 7) is 0.552. The Hall–Kier alpha value is -2.88. The Morgan fingerprint density at radius 1 is 1.10 bits per heavy atom. The quantitative estimate of drug-likeness (QED) is 0.574. The summed E-state index contributed by atoms with van der Waals surface area (Å²) in [6.07, 6.45) is 2.57. The summed E-state index contributed by atoms with van der Waals surface area (Å²) in [5.41, 5.74) is 6.60. The molecule has 0 radical (unpaired) electrons. The summed E-state index contributed by atoms with van der Waals surface area (Å²) in [5, 5.41) is 11.2. The second kappa shape index (κ2) is 7.75. The molecule has 0 bridgehead atoms. The molecule has 1 saturated carbocycles. The molecule has 3 aromatic rings. The Balaban J connectivity index is 1.59. The van der Waals surface area contributed by atoms with Gasteiger partial charge in [0.2, 0.25) is 5.95 Å². The number of alkyl halides is 3. The molecule has 1 aromatic carbocycles. The van der Waals surface area contributed by atoms with Gasteiger partial charge in [0.15, 0.2) is 5.65 Å². The van der Waals surface area contributed by atoms with E-state index in [1.54, 1.807) is 17.9 Å². The molecule has 1 aliphatic carbocycles. The SMILES string of the molecule is Cn1ncc2c(Nc3ccc(C(F)(F)F)cc3)nc(NCC3(N)CCCCC3)nc21. The molecule has 10 heteroatoms. The number of aromatic nitrogens is 4. The molecule has 2 heterocycles. The van der Waals surface area contributed by atoms with E-state index < -0.39 is 11.7 Å². The molecule has 4 N–H and O–H groups in total. The number of halogens is 3. The molecule has 0 amide bonds. The van der Waals surface area contributed by atoms with Crippen LogP contribution in [0.2, 0.25) is 0 Å². The number of rotatable bonds is 5. The van der Waals surface area contributed by atoms with E-state index in [1.165, 1.54) is 18.6 Å². The Morgan fingerprint density at radius 2 is 1.80 bits per heavy atom. The predicted molar refractivity (Wildman–Crippen MR) is 110 cm³/mol. The molecule has 0 spiro atoms. The maximum Gasteiger partial charge on any atom is 0.416 e. The van der Waals surface area contributed by atoms with Crippen molar-refractivity contribution < 1.29 is 13.2 Å². The molecule has 0 unspecified atom stereocenters. The lowest BCUT2D eigenvalue weighted by Gasteiger charge is -2.33. The summed E-state index contributed by atoms with van der Waals surface area (Å²) in [6, 6.07) is 4.81. The first kappa shape index (κ1) is 20.4. The molecule has 2 aromatic heterocycles. The summed E-state index contributed by atoms with van der Waals surface area (Å²) in [7, 11) is 1.77. The first-order valence-electron chi connectivity index (χ1n) is 9.90. The largest absolute Gasteiger partial charge is 0.416 e. The van der Waals surface area contributed by atoms with E-state index in [2.05, 4.69) is 25.7 Å². The highest BCUT2D eigenvalue weighted by Crippen LogP contribution is 2.31. The topological polar surface area (TPSA) is 93.7 Å². The van der Waals surface area contributed by atoms with Crippen molar-refractivity contribution in [3.05, 3.63) is 36.0 Å². The van der Waals surface area contributed by atoms with E-state index >= 15 is 0 Å². The lowest BCUT2D eigenvalue weighted by atomic mass is 9.82. The molecule has 160 valence electrons. The van der Waals surface area contributed by atoms with Crippen molar-refractivity contribution in [3.8, 4) is 0 Å². The Labute approximate surface area is 171 Å². The van der Waals surface area contributed by atoms with Crippen LogP contribution in [0.4, 0.5) is 30.6 Å². The van der Waals surface area contributed by atoms with Crippen LogP contribution in [0.3, 0.4) is 0 Å². The van der Waals surface area contributed by atoms with Crippen molar-refractivity contribution >= 4 is 28.5 Å². The standard InChI is InChI=1S/C20H24F3N7/c1-30-17-15(11-26-30)16(27-14-7-5-13(6-8-14)20(21,22)23)28-18(29-17)25-12-19(24)9-3-2-4-10-19/h5-8,11H,2-4,9-10,12,24H2,1H3,(H2,25,27,28,29). The van der Waals surface area contributed by atoms with E-state index in [1.807, 2.05) is 0 Å². The van der Waals surface area contributed by atoms with Crippen molar-refractivity contribution in [2.24, 2.45) is 12.8 Å². The Bertz CT molecular complexity index is 1020. The van der Waals surface area contributed by atoms with Crippen LogP contribution in [0.25, 0.3) is 11.0 Å². The number of nitrogens with zero attached hydrogens (tertiary/aromatic N) is 4. The minimum atomic E-state index is -4.38. The molecule has 7 nitrogen and oxygen atoms in total. The van der Waals surface area contributed by atoms with Crippen LogP contribution in [0.5, 0.6) is 0 Å². The molecule has 0 aliphatic heterocycles. The summed E-state index contributed by atoms with van der Waals surface area (Å²) < 4.78 is 40.1. The maximum atomic E-state index is 12.8. The zero-order chi connectivity index (χ0) is 21.4. The molecule has 4 rings (SSSR count). The first-order valence-corrected chi connectivity index (χ1v) is 9.90. The van der Waals surface area contributed by atoms with Gasteiger partial charge in [-0.05, 0) is 37.1 Å². The Morgan fingerprint density at radius 3 is 2.47 bits per heavy atom. The van der Waals surface area contributed by atoms with Gasteiger partial charge in [0, 0.05) is 24.8 Å². The number of hydrogen-bond acceptors (Lipinski definition) is 6. The second-order valence-electron chi connectivity index (χ2n) is 7.88. The lowest BCUT2D eigenvalue weighted by molar-refractivity contribution is -0.137. The highest BCUT2D eigenvalue weighted by Gasteiger charge is 2.30. The zero-order valence-electron chi connectivity index (χ0n) is 16.6. The van der Waals surface area contributed by atoms with Gasteiger partial charge in [-0.1, -0.05) is 19.3 Å². The first-order chi connectivity index (χ1) is 14.2. The van der Waals surface area contributed by atoms with Gasteiger partial charge in [0.1, 0.15) is 5.82 Å². The number of hydrogen-bond donors (Lipinski definition) is 3. The van der Waals surface area contributed by atoms with Gasteiger partial charge in [-0.2, -0.15) is 28.2 Å². The molecule has 1 fully saturated rings. The number of benzene rings is 1. The minimum Gasteiger partial charge on any atom is -0.352 e. The van der Waals surface area contributed by atoms with Crippen LogP contribution in [0, 0.1) is 0 Å². The van der Waals surface area contributed by atoms with E-state index in [4.69, 9.17) is 5.73 Å². The fourth-order valence-electron chi connectivity index (χ4n) is 3.76. The van der Waals surface area contributed by atoms with Crippen molar-refractivity contribution in [1.82, 2.24) is 19.7 Å². The number of fused-ring (bicyclic) bond motifs is 1. The van der Waals surface area contributed by atoms with E-state index in [9.17, 15) is 13.2 Å². The van der Waals surface area contributed by atoms with Gasteiger partial charge in [0.05, 0.1) is 17.1 Å². The second-order valence-corrected chi connectivity index (χ2v) is 7.88. The number of nitrogens with two attached hydrogens (primary N) is 1. The Kier molecular flexibility index (Phi) is 5.27. The molecular formula is C20H24F3N7. The van der Waals surface area contributed by atoms with Crippen LogP contribution >= 0.6 is 0 Å². The maximum absolute atomic E-state index is 12.8. The lowest BCUT2D eigenvalue weighted by Crippen LogP contribution is -2.47. The fraction of sp³-hybridized carbons (Fsp3) is 0.450. The molecule has 0 saturated heterocycles. The fourth-order valence-corrected chi connectivity index (χ4v) is 3.76. The third kappa shape index (κ3) is 4.33. The van der Waals surface area contributed by atoms with E-state index in [0.29, 0.717) is 35.0 Å². The van der Waals surface area contributed by atoms with Crippen molar-refractivity contribution in [1.29, 1.82) is 0 Å².